The zero-order chi connectivity index (χ0) is 13.5. The van der Waals surface area contributed by atoms with Crippen molar-refractivity contribution in [1.29, 1.82) is 0 Å². The van der Waals surface area contributed by atoms with E-state index < -0.39 is 6.17 Å². The summed E-state index contributed by atoms with van der Waals surface area (Å²) >= 11 is 0. The lowest BCUT2D eigenvalue weighted by atomic mass is 9.71. The fourth-order valence-corrected chi connectivity index (χ4v) is 3.74. The molecule has 3 heteroatoms. The van der Waals surface area contributed by atoms with E-state index in [-0.39, 0.29) is 6.17 Å². The van der Waals surface area contributed by atoms with Crippen molar-refractivity contribution in [3.63, 3.8) is 0 Å². The first-order chi connectivity index (χ1) is 9.81. The van der Waals surface area contributed by atoms with E-state index in [1.54, 1.807) is 6.08 Å². The Bertz CT molecular complexity index is 555. The first-order valence-corrected chi connectivity index (χ1v) is 7.50. The Labute approximate surface area is 118 Å². The quantitative estimate of drug-likeness (QED) is 0.727. The highest BCUT2D eigenvalue weighted by molar-refractivity contribution is 5.99. The van der Waals surface area contributed by atoms with Crippen LogP contribution >= 0.6 is 0 Å². The van der Waals surface area contributed by atoms with Gasteiger partial charge in [0.2, 0.25) is 0 Å². The van der Waals surface area contributed by atoms with Crippen LogP contribution in [0.1, 0.15) is 19.3 Å². The number of nitrogens with one attached hydrogen (secondary N) is 1. The molecule has 1 heterocycles. The number of rotatable bonds is 1. The Morgan fingerprint density at radius 2 is 2.00 bits per heavy atom. The van der Waals surface area contributed by atoms with Gasteiger partial charge in [0.05, 0.1) is 0 Å². The molecule has 2 nitrogen and oxygen atoms in total. The van der Waals surface area contributed by atoms with Gasteiger partial charge in [-0.15, -0.1) is 0 Å². The van der Waals surface area contributed by atoms with Gasteiger partial charge in [-0.1, -0.05) is 30.4 Å². The van der Waals surface area contributed by atoms with Crippen LogP contribution in [0.2, 0.25) is 0 Å². The molecule has 0 aromatic rings. The van der Waals surface area contributed by atoms with Gasteiger partial charge in [-0.25, -0.2) is 4.39 Å². The van der Waals surface area contributed by atoms with Gasteiger partial charge in [0, 0.05) is 24.1 Å². The van der Waals surface area contributed by atoms with Crippen LogP contribution in [0.25, 0.3) is 0 Å². The monoisotopic (exact) mass is 270 g/mol. The second-order valence-corrected chi connectivity index (χ2v) is 6.05. The van der Waals surface area contributed by atoms with Crippen LogP contribution in [0, 0.1) is 11.8 Å². The summed E-state index contributed by atoms with van der Waals surface area (Å²) in [5.74, 6) is 1.21. The van der Waals surface area contributed by atoms with Crippen molar-refractivity contribution < 1.29 is 4.39 Å². The van der Waals surface area contributed by atoms with Crippen LogP contribution < -0.4 is 5.32 Å². The first-order valence-electron chi connectivity index (χ1n) is 7.50. The Hall–Kier alpha value is -1.48. The molecule has 4 rings (SSSR count). The number of halogens is 1. The number of alkyl halides is 1. The maximum Gasteiger partial charge on any atom is 0.126 e. The molecule has 0 saturated carbocycles. The number of hydrogen-bond acceptors (Lipinski definition) is 2. The van der Waals surface area contributed by atoms with Crippen LogP contribution in [0.5, 0.6) is 0 Å². The molecule has 0 aromatic heterocycles. The first kappa shape index (κ1) is 12.3. The van der Waals surface area contributed by atoms with Crippen molar-refractivity contribution in [2.45, 2.75) is 37.6 Å². The van der Waals surface area contributed by atoms with Gasteiger partial charge in [0.1, 0.15) is 12.3 Å². The van der Waals surface area contributed by atoms with E-state index in [1.165, 1.54) is 5.71 Å². The third kappa shape index (κ3) is 2.01. The van der Waals surface area contributed by atoms with Gasteiger partial charge < -0.3 is 0 Å². The topological polar surface area (TPSA) is 24.4 Å². The molecule has 0 spiro atoms. The normalized spacial score (nSPS) is 42.0. The zero-order valence-electron chi connectivity index (χ0n) is 11.4. The highest BCUT2D eigenvalue weighted by Gasteiger charge is 2.39. The lowest BCUT2D eigenvalue weighted by molar-refractivity contribution is 0.306. The molecule has 0 aromatic carbocycles. The van der Waals surface area contributed by atoms with Gasteiger partial charge in [0.25, 0.3) is 0 Å². The lowest BCUT2D eigenvalue weighted by Crippen LogP contribution is -2.53. The molecular weight excluding hydrogens is 251 g/mol. The summed E-state index contributed by atoms with van der Waals surface area (Å²) in [5.41, 5.74) is 2.32. The van der Waals surface area contributed by atoms with E-state index in [1.807, 2.05) is 12.2 Å². The van der Waals surface area contributed by atoms with E-state index in [0.29, 0.717) is 24.3 Å². The highest BCUT2D eigenvalue weighted by atomic mass is 19.1. The standard InChI is InChI=1S/C17H19FN2/c18-13-9-7-12(8-10-13)17-19-14-5-1-3-11-4-2-6-15(20-17)16(11)14/h1-2,5-9,11,13-14,16-17,19H,3-4,10H2. The molecule has 4 aliphatic rings. The Morgan fingerprint density at radius 3 is 2.85 bits per heavy atom. The van der Waals surface area contributed by atoms with Gasteiger partial charge >= 0.3 is 0 Å². The molecular formula is C17H19FN2. The Morgan fingerprint density at radius 1 is 1.10 bits per heavy atom. The summed E-state index contributed by atoms with van der Waals surface area (Å²) in [4.78, 5) is 4.88. The predicted octanol–water partition coefficient (Wildman–Crippen LogP) is 3.10. The molecule has 0 radical (unpaired) electrons. The van der Waals surface area contributed by atoms with Crippen LogP contribution in [0.4, 0.5) is 4.39 Å². The minimum Gasteiger partial charge on any atom is -0.285 e. The van der Waals surface area contributed by atoms with Crippen molar-refractivity contribution in [3.05, 3.63) is 48.1 Å². The molecule has 0 saturated heterocycles. The maximum absolute atomic E-state index is 13.2. The van der Waals surface area contributed by atoms with E-state index in [0.717, 1.165) is 18.4 Å². The zero-order valence-corrected chi connectivity index (χ0v) is 11.4. The molecule has 0 bridgehead atoms. The van der Waals surface area contributed by atoms with Crippen molar-refractivity contribution in [2.24, 2.45) is 16.8 Å². The third-order valence-electron chi connectivity index (χ3n) is 4.77. The second-order valence-electron chi connectivity index (χ2n) is 6.05. The average molecular weight is 270 g/mol. The Balaban J connectivity index is 1.66. The predicted molar refractivity (Wildman–Crippen MR) is 79.4 cm³/mol. The lowest BCUT2D eigenvalue weighted by Gasteiger charge is -2.42. The van der Waals surface area contributed by atoms with E-state index in [4.69, 9.17) is 4.99 Å². The van der Waals surface area contributed by atoms with Crippen LogP contribution in [0.3, 0.4) is 0 Å². The molecule has 104 valence electrons. The van der Waals surface area contributed by atoms with Gasteiger partial charge in [-0.2, -0.15) is 0 Å². The SMILES string of the molecule is FC1C=CC(C2N=C3C=CCC4CC=CC(N2)C34)=CC1. The molecule has 3 aliphatic carbocycles. The average Bonchev–Trinajstić information content (AvgIpc) is 2.48. The van der Waals surface area contributed by atoms with Crippen LogP contribution in [-0.2, 0) is 0 Å². The highest BCUT2D eigenvalue weighted by Crippen LogP contribution is 2.36. The van der Waals surface area contributed by atoms with Crippen molar-refractivity contribution in [2.75, 3.05) is 0 Å². The van der Waals surface area contributed by atoms with E-state index >= 15 is 0 Å². The Kier molecular flexibility index (Phi) is 2.95. The summed E-state index contributed by atoms with van der Waals surface area (Å²) in [6, 6.07) is 0.369. The molecule has 20 heavy (non-hydrogen) atoms. The molecule has 1 N–H and O–H groups in total. The summed E-state index contributed by atoms with van der Waals surface area (Å²) in [6.07, 6.45) is 16.4. The van der Waals surface area contributed by atoms with Crippen molar-refractivity contribution in [1.82, 2.24) is 5.32 Å². The van der Waals surface area contributed by atoms with Crippen molar-refractivity contribution >= 4 is 5.71 Å². The van der Waals surface area contributed by atoms with Crippen LogP contribution in [0.15, 0.2) is 53.1 Å². The van der Waals surface area contributed by atoms with Gasteiger partial charge in [-0.05, 0) is 36.5 Å². The molecule has 1 aliphatic heterocycles. The summed E-state index contributed by atoms with van der Waals surface area (Å²) in [5, 5.41) is 3.62. The van der Waals surface area contributed by atoms with E-state index in [9.17, 15) is 4.39 Å². The number of hydrogen-bond donors (Lipinski definition) is 1. The number of allylic oxidation sites excluding steroid dienone is 5. The van der Waals surface area contributed by atoms with Gasteiger partial charge in [0.15, 0.2) is 0 Å². The van der Waals surface area contributed by atoms with Crippen LogP contribution in [-0.4, -0.2) is 24.1 Å². The second kappa shape index (κ2) is 4.81. The third-order valence-corrected chi connectivity index (χ3v) is 4.77. The fraction of sp³-hybridized carbons (Fsp3) is 0.471. The van der Waals surface area contributed by atoms with Crippen molar-refractivity contribution in [3.8, 4) is 0 Å². The molecule has 0 fully saturated rings. The smallest absolute Gasteiger partial charge is 0.126 e. The molecule has 5 unspecified atom stereocenters. The largest absolute Gasteiger partial charge is 0.285 e. The summed E-state index contributed by atoms with van der Waals surface area (Å²) < 4.78 is 13.2. The number of aliphatic imine (C=N–C) groups is 1. The number of nitrogens with zero attached hydrogens (tertiary/aromatic N) is 1. The minimum atomic E-state index is -0.837. The summed E-state index contributed by atoms with van der Waals surface area (Å²) in [7, 11) is 0. The maximum atomic E-state index is 13.2. The van der Waals surface area contributed by atoms with E-state index in [2.05, 4.69) is 29.6 Å². The summed E-state index contributed by atoms with van der Waals surface area (Å²) in [6.45, 7) is 0. The molecule has 5 atom stereocenters. The minimum absolute atomic E-state index is 0.0267. The van der Waals surface area contributed by atoms with Gasteiger partial charge in [-0.3, -0.25) is 10.3 Å². The molecule has 0 amide bonds. The fourth-order valence-electron chi connectivity index (χ4n) is 3.74.